The molecule has 1 heterocycles. The summed E-state index contributed by atoms with van der Waals surface area (Å²) in [6.45, 7) is 0. The predicted molar refractivity (Wildman–Crippen MR) is 98.3 cm³/mol. The lowest BCUT2D eigenvalue weighted by molar-refractivity contribution is 0.0592. The lowest BCUT2D eigenvalue weighted by Crippen LogP contribution is -2.08. The highest BCUT2D eigenvalue weighted by molar-refractivity contribution is 7.71. The van der Waals surface area contributed by atoms with Crippen LogP contribution >= 0.6 is 12.2 Å². The molecule has 3 aromatic rings. The van der Waals surface area contributed by atoms with Crippen LogP contribution in [0.15, 0.2) is 65.1 Å². The number of methoxy groups -OCH3 is 2. The monoisotopic (exact) mass is 352 g/mol. The summed E-state index contributed by atoms with van der Waals surface area (Å²) in [6, 6.07) is 19.1. The van der Waals surface area contributed by atoms with Gasteiger partial charge in [0.05, 0.1) is 14.2 Å². The van der Waals surface area contributed by atoms with Crippen LogP contribution < -0.4 is 4.74 Å². The molecule has 5 heteroatoms. The van der Waals surface area contributed by atoms with E-state index in [2.05, 4.69) is 0 Å². The third-order valence-corrected chi connectivity index (χ3v) is 4.08. The van der Waals surface area contributed by atoms with Crippen molar-refractivity contribution in [2.45, 2.75) is 0 Å². The van der Waals surface area contributed by atoms with Crippen molar-refractivity contribution in [3.63, 3.8) is 0 Å². The van der Waals surface area contributed by atoms with Gasteiger partial charge in [0.15, 0.2) is 0 Å². The zero-order chi connectivity index (χ0) is 17.8. The third kappa shape index (κ3) is 3.19. The number of hydrogen-bond acceptors (Lipinski definition) is 5. The van der Waals surface area contributed by atoms with Gasteiger partial charge in [-0.25, -0.2) is 4.79 Å². The van der Waals surface area contributed by atoms with Crippen LogP contribution in [-0.2, 0) is 4.74 Å². The lowest BCUT2D eigenvalue weighted by atomic mass is 9.93. The second-order valence-electron chi connectivity index (χ2n) is 5.23. The van der Waals surface area contributed by atoms with E-state index in [1.165, 1.54) is 14.2 Å². The maximum Gasteiger partial charge on any atom is 0.345 e. The van der Waals surface area contributed by atoms with Crippen molar-refractivity contribution in [3.05, 3.63) is 70.9 Å². The van der Waals surface area contributed by atoms with E-state index in [1.807, 2.05) is 60.7 Å². The van der Waals surface area contributed by atoms with Crippen LogP contribution in [-0.4, -0.2) is 20.2 Å². The fraction of sp³-hybridized carbons (Fsp3) is 0.100. The Kier molecular flexibility index (Phi) is 4.95. The van der Waals surface area contributed by atoms with Gasteiger partial charge in [0, 0.05) is 11.1 Å². The summed E-state index contributed by atoms with van der Waals surface area (Å²) in [6.07, 6.45) is 0. The maximum absolute atomic E-state index is 12.5. The largest absolute Gasteiger partial charge is 0.468 e. The van der Waals surface area contributed by atoms with E-state index in [9.17, 15) is 4.79 Å². The molecule has 0 bridgehead atoms. The summed E-state index contributed by atoms with van der Waals surface area (Å²) in [5.41, 5.74) is 3.17. The van der Waals surface area contributed by atoms with Crippen LogP contribution in [0.5, 0.6) is 5.95 Å². The van der Waals surface area contributed by atoms with Crippen LogP contribution in [0.4, 0.5) is 0 Å². The first-order valence-corrected chi connectivity index (χ1v) is 8.02. The summed E-state index contributed by atoms with van der Waals surface area (Å²) in [4.78, 5) is 12.5. The standard InChI is InChI=1S/C20H16O4S/c1-22-18(21)17-15(13-9-5-3-6-10-13)16(14-11-7-4-8-12-14)20(25)24-19(17)23-2/h3-12H,1-2H3. The first-order chi connectivity index (χ1) is 12.2. The molecule has 0 aliphatic carbocycles. The summed E-state index contributed by atoms with van der Waals surface area (Å²) >= 11 is 5.46. The Hall–Kier alpha value is -2.92. The van der Waals surface area contributed by atoms with Gasteiger partial charge in [-0.2, -0.15) is 0 Å². The number of carbonyl (C=O) groups is 1. The molecule has 0 radical (unpaired) electrons. The molecule has 0 amide bonds. The van der Waals surface area contributed by atoms with Crippen molar-refractivity contribution in [2.75, 3.05) is 14.2 Å². The minimum atomic E-state index is -0.549. The average Bonchev–Trinajstić information content (AvgIpc) is 2.67. The molecular formula is C20H16O4S. The number of carbonyl (C=O) groups excluding carboxylic acids is 1. The molecule has 1 aromatic heterocycles. The van der Waals surface area contributed by atoms with Crippen LogP contribution in [0, 0.1) is 4.71 Å². The van der Waals surface area contributed by atoms with Gasteiger partial charge < -0.3 is 13.9 Å². The van der Waals surface area contributed by atoms with E-state index in [1.54, 1.807) is 0 Å². The van der Waals surface area contributed by atoms with E-state index >= 15 is 0 Å². The van der Waals surface area contributed by atoms with E-state index < -0.39 is 5.97 Å². The molecule has 0 aliphatic rings. The van der Waals surface area contributed by atoms with Gasteiger partial charge in [0.25, 0.3) is 0 Å². The molecule has 126 valence electrons. The minimum absolute atomic E-state index is 0.0374. The van der Waals surface area contributed by atoms with Gasteiger partial charge in [0.2, 0.25) is 4.71 Å². The highest BCUT2D eigenvalue weighted by Crippen LogP contribution is 2.40. The Morgan fingerprint density at radius 1 is 0.880 bits per heavy atom. The number of hydrogen-bond donors (Lipinski definition) is 0. The van der Waals surface area contributed by atoms with Crippen LogP contribution in [0.2, 0.25) is 0 Å². The number of esters is 1. The molecular weight excluding hydrogens is 336 g/mol. The van der Waals surface area contributed by atoms with Crippen molar-refractivity contribution in [1.29, 1.82) is 0 Å². The zero-order valence-electron chi connectivity index (χ0n) is 13.8. The Morgan fingerprint density at radius 2 is 1.40 bits per heavy atom. The van der Waals surface area contributed by atoms with Gasteiger partial charge in [0.1, 0.15) is 5.56 Å². The van der Waals surface area contributed by atoms with Crippen LogP contribution in [0.1, 0.15) is 10.4 Å². The Morgan fingerprint density at radius 3 is 1.88 bits per heavy atom. The molecule has 0 aliphatic heterocycles. The molecule has 2 aromatic carbocycles. The van der Waals surface area contributed by atoms with E-state index in [0.717, 1.165) is 11.1 Å². The molecule has 25 heavy (non-hydrogen) atoms. The molecule has 0 fully saturated rings. The topological polar surface area (TPSA) is 48.7 Å². The highest BCUT2D eigenvalue weighted by atomic mass is 32.1. The number of ether oxygens (including phenoxy) is 2. The second-order valence-corrected chi connectivity index (χ2v) is 5.60. The normalized spacial score (nSPS) is 10.3. The van der Waals surface area contributed by atoms with Crippen molar-refractivity contribution < 1.29 is 18.7 Å². The van der Waals surface area contributed by atoms with Crippen molar-refractivity contribution >= 4 is 18.2 Å². The van der Waals surface area contributed by atoms with Crippen molar-refractivity contribution in [3.8, 4) is 28.2 Å². The fourth-order valence-corrected chi connectivity index (χ4v) is 3.00. The molecule has 4 nitrogen and oxygen atoms in total. The summed E-state index contributed by atoms with van der Waals surface area (Å²) in [5, 5.41) is 0. The predicted octanol–water partition coefficient (Wildman–Crippen LogP) is 5.14. The highest BCUT2D eigenvalue weighted by Gasteiger charge is 2.26. The molecule has 0 saturated heterocycles. The van der Waals surface area contributed by atoms with E-state index in [4.69, 9.17) is 26.1 Å². The number of benzene rings is 2. The molecule has 0 saturated carbocycles. The lowest BCUT2D eigenvalue weighted by Gasteiger charge is -2.16. The number of rotatable bonds is 4. The van der Waals surface area contributed by atoms with Gasteiger partial charge in [-0.1, -0.05) is 60.7 Å². The van der Waals surface area contributed by atoms with Crippen molar-refractivity contribution in [2.24, 2.45) is 0 Å². The van der Waals surface area contributed by atoms with Crippen LogP contribution in [0.25, 0.3) is 22.3 Å². The molecule has 0 atom stereocenters. The van der Waals surface area contributed by atoms with E-state index in [-0.39, 0.29) is 16.2 Å². The Bertz CT molecular complexity index is 947. The average molecular weight is 352 g/mol. The maximum atomic E-state index is 12.5. The van der Waals surface area contributed by atoms with Gasteiger partial charge in [-0.15, -0.1) is 0 Å². The third-order valence-electron chi connectivity index (χ3n) is 3.79. The fourth-order valence-electron chi connectivity index (χ4n) is 2.71. The van der Waals surface area contributed by atoms with Crippen LogP contribution in [0.3, 0.4) is 0 Å². The van der Waals surface area contributed by atoms with Gasteiger partial charge in [-0.05, 0) is 23.3 Å². The van der Waals surface area contributed by atoms with Gasteiger partial charge in [-0.3, -0.25) is 0 Å². The Labute approximate surface area is 150 Å². The summed E-state index contributed by atoms with van der Waals surface area (Å²) < 4.78 is 16.1. The SMILES string of the molecule is COC(=O)c1c(OC)oc(=S)c(-c2ccccc2)c1-c1ccccc1. The molecule has 0 N–H and O–H groups in total. The van der Waals surface area contributed by atoms with Crippen molar-refractivity contribution in [1.82, 2.24) is 0 Å². The Balaban J connectivity index is 2.47. The first kappa shape index (κ1) is 16.9. The van der Waals surface area contributed by atoms with E-state index in [0.29, 0.717) is 11.1 Å². The summed E-state index contributed by atoms with van der Waals surface area (Å²) in [7, 11) is 2.75. The van der Waals surface area contributed by atoms with Gasteiger partial charge >= 0.3 is 11.9 Å². The second kappa shape index (κ2) is 7.32. The summed E-state index contributed by atoms with van der Waals surface area (Å²) in [5.74, 6) is -0.512. The quantitative estimate of drug-likeness (QED) is 0.481. The minimum Gasteiger partial charge on any atom is -0.468 e. The molecule has 0 spiro atoms. The smallest absolute Gasteiger partial charge is 0.345 e. The zero-order valence-corrected chi connectivity index (χ0v) is 14.6. The molecule has 0 unspecified atom stereocenters. The first-order valence-electron chi connectivity index (χ1n) is 7.61. The molecule has 3 rings (SSSR count).